The van der Waals surface area contributed by atoms with Crippen molar-refractivity contribution in [3.63, 3.8) is 0 Å². The van der Waals surface area contributed by atoms with Gasteiger partial charge in [-0.25, -0.2) is 0 Å². The Morgan fingerprint density at radius 1 is 1.17 bits per heavy atom. The molecule has 1 atom stereocenters. The van der Waals surface area contributed by atoms with Gasteiger partial charge in [0.1, 0.15) is 5.75 Å². The average Bonchev–Trinajstić information content (AvgIpc) is 3.08. The number of carbonyl (C=O) groups excluding carboxylic acids is 2. The molecule has 2 amide bonds. The third-order valence-electron chi connectivity index (χ3n) is 5.26. The van der Waals surface area contributed by atoms with Gasteiger partial charge in [-0.2, -0.15) is 0 Å². The molecular weight excluding hydrogens is 368 g/mol. The molecule has 154 valence electrons. The van der Waals surface area contributed by atoms with Gasteiger partial charge in [0.25, 0.3) is 0 Å². The number of carbonyl (C=O) groups is 2. The summed E-state index contributed by atoms with van der Waals surface area (Å²) in [6.45, 7) is 1.35. The summed E-state index contributed by atoms with van der Waals surface area (Å²) in [5, 5.41) is 5.35. The van der Waals surface area contributed by atoms with E-state index in [0.717, 1.165) is 18.5 Å². The zero-order valence-corrected chi connectivity index (χ0v) is 17.4. The molecule has 1 aliphatic rings. The first-order valence-electron chi connectivity index (χ1n) is 9.63. The van der Waals surface area contributed by atoms with Gasteiger partial charge < -0.3 is 25.2 Å². The van der Waals surface area contributed by atoms with E-state index in [9.17, 15) is 9.59 Å². The Hall–Kier alpha value is -3.06. The van der Waals surface area contributed by atoms with Crippen LogP contribution in [0.3, 0.4) is 0 Å². The number of hydrogen-bond acceptors (Lipinski definition) is 5. The molecule has 3 rings (SSSR count). The normalized spacial score (nSPS) is 13.8. The second-order valence-electron chi connectivity index (χ2n) is 7.40. The Morgan fingerprint density at radius 3 is 2.66 bits per heavy atom. The SMILES string of the molecule is COc1ccccc1NC(=O)C(=O)NC[C@@H](c1ccc2c(c1)CCN2C)N(C)C. The standard InChI is InChI=1S/C22H28N4O3/c1-25(2)19(15-9-10-18-16(13-15)11-12-26(18)3)14-23-21(27)22(28)24-17-7-5-6-8-20(17)29-4/h5-10,13,19H,11-12,14H2,1-4H3,(H,23,27)(H,24,28)/t19-/m0/s1. The largest absolute Gasteiger partial charge is 0.495 e. The van der Waals surface area contributed by atoms with Crippen LogP contribution in [0.25, 0.3) is 0 Å². The van der Waals surface area contributed by atoms with E-state index in [1.165, 1.54) is 18.4 Å². The number of amides is 2. The molecule has 0 fully saturated rings. The molecule has 0 aromatic heterocycles. The van der Waals surface area contributed by atoms with Crippen LogP contribution in [0.5, 0.6) is 5.75 Å². The number of para-hydroxylation sites is 2. The van der Waals surface area contributed by atoms with Crippen molar-refractivity contribution < 1.29 is 14.3 Å². The Bertz CT molecular complexity index is 897. The molecule has 2 N–H and O–H groups in total. The fourth-order valence-electron chi connectivity index (χ4n) is 3.59. The van der Waals surface area contributed by atoms with Crippen LogP contribution in [0.15, 0.2) is 42.5 Å². The fourth-order valence-corrected chi connectivity index (χ4v) is 3.59. The zero-order chi connectivity index (χ0) is 21.0. The van der Waals surface area contributed by atoms with Crippen LogP contribution < -0.4 is 20.3 Å². The van der Waals surface area contributed by atoms with Crippen molar-refractivity contribution in [2.24, 2.45) is 0 Å². The Labute approximate surface area is 171 Å². The molecule has 0 bridgehead atoms. The van der Waals surface area contributed by atoms with Crippen LogP contribution >= 0.6 is 0 Å². The molecule has 7 heteroatoms. The van der Waals surface area contributed by atoms with Crippen LogP contribution in [0, 0.1) is 0 Å². The first kappa shape index (κ1) is 20.7. The lowest BCUT2D eigenvalue weighted by molar-refractivity contribution is -0.136. The summed E-state index contributed by atoms with van der Waals surface area (Å²) in [6.07, 6.45) is 1.02. The summed E-state index contributed by atoms with van der Waals surface area (Å²) in [5.41, 5.74) is 4.15. The maximum atomic E-state index is 12.3. The third-order valence-corrected chi connectivity index (χ3v) is 5.26. The number of rotatable bonds is 6. The fraction of sp³-hybridized carbons (Fsp3) is 0.364. The number of fused-ring (bicyclic) bond motifs is 1. The zero-order valence-electron chi connectivity index (χ0n) is 17.4. The molecular formula is C22H28N4O3. The lowest BCUT2D eigenvalue weighted by atomic mass is 10.0. The molecule has 2 aromatic carbocycles. The lowest BCUT2D eigenvalue weighted by Crippen LogP contribution is -2.40. The molecule has 0 aliphatic carbocycles. The number of anilines is 2. The van der Waals surface area contributed by atoms with E-state index in [-0.39, 0.29) is 6.04 Å². The highest BCUT2D eigenvalue weighted by molar-refractivity contribution is 6.39. The van der Waals surface area contributed by atoms with Gasteiger partial charge in [-0.05, 0) is 49.8 Å². The quantitative estimate of drug-likeness (QED) is 0.731. The number of benzene rings is 2. The van der Waals surface area contributed by atoms with Crippen LogP contribution in [-0.4, -0.2) is 58.1 Å². The molecule has 1 heterocycles. The highest BCUT2D eigenvalue weighted by atomic mass is 16.5. The van der Waals surface area contributed by atoms with Gasteiger partial charge in [0, 0.05) is 25.8 Å². The van der Waals surface area contributed by atoms with Crippen LogP contribution in [-0.2, 0) is 16.0 Å². The number of hydrogen-bond donors (Lipinski definition) is 2. The Balaban J connectivity index is 1.64. The first-order chi connectivity index (χ1) is 13.9. The summed E-state index contributed by atoms with van der Waals surface area (Å²) < 4.78 is 5.20. The predicted molar refractivity (Wildman–Crippen MR) is 114 cm³/mol. The Morgan fingerprint density at radius 2 is 1.93 bits per heavy atom. The van der Waals surface area contributed by atoms with Gasteiger partial charge in [0.15, 0.2) is 0 Å². The van der Waals surface area contributed by atoms with E-state index >= 15 is 0 Å². The molecule has 2 aromatic rings. The first-order valence-corrected chi connectivity index (χ1v) is 9.63. The summed E-state index contributed by atoms with van der Waals surface area (Å²) in [4.78, 5) is 28.9. The number of nitrogens with one attached hydrogen (secondary N) is 2. The topological polar surface area (TPSA) is 73.9 Å². The summed E-state index contributed by atoms with van der Waals surface area (Å²) in [7, 11) is 7.53. The molecule has 7 nitrogen and oxygen atoms in total. The number of nitrogens with zero attached hydrogens (tertiary/aromatic N) is 2. The van der Waals surface area contributed by atoms with Crippen LogP contribution in [0.1, 0.15) is 17.2 Å². The highest BCUT2D eigenvalue weighted by Gasteiger charge is 2.22. The van der Waals surface area contributed by atoms with Gasteiger partial charge in [0.2, 0.25) is 0 Å². The van der Waals surface area contributed by atoms with Crippen molar-refractivity contribution >= 4 is 23.2 Å². The second-order valence-corrected chi connectivity index (χ2v) is 7.40. The minimum atomic E-state index is -0.720. The lowest BCUT2D eigenvalue weighted by Gasteiger charge is -2.26. The van der Waals surface area contributed by atoms with Crippen LogP contribution in [0.4, 0.5) is 11.4 Å². The van der Waals surface area contributed by atoms with E-state index in [1.54, 1.807) is 24.3 Å². The molecule has 0 spiro atoms. The number of likely N-dealkylation sites (N-methyl/N-ethyl adjacent to an activating group) is 2. The summed E-state index contributed by atoms with van der Waals surface area (Å²) in [5.74, 6) is -0.894. The molecule has 0 saturated heterocycles. The maximum Gasteiger partial charge on any atom is 0.313 e. The van der Waals surface area contributed by atoms with E-state index in [0.29, 0.717) is 18.0 Å². The number of ether oxygens (including phenoxy) is 1. The third kappa shape index (κ3) is 4.68. The summed E-state index contributed by atoms with van der Waals surface area (Å²) in [6, 6.07) is 13.4. The van der Waals surface area contributed by atoms with Gasteiger partial charge in [-0.1, -0.05) is 24.3 Å². The van der Waals surface area contributed by atoms with Gasteiger partial charge in [0.05, 0.1) is 18.8 Å². The second kappa shape index (κ2) is 8.96. The van der Waals surface area contributed by atoms with Crippen molar-refractivity contribution in [3.8, 4) is 5.75 Å². The van der Waals surface area contributed by atoms with Crippen molar-refractivity contribution in [3.05, 3.63) is 53.6 Å². The van der Waals surface area contributed by atoms with E-state index < -0.39 is 11.8 Å². The van der Waals surface area contributed by atoms with Crippen LogP contribution in [0.2, 0.25) is 0 Å². The van der Waals surface area contributed by atoms with Crippen molar-refractivity contribution in [2.45, 2.75) is 12.5 Å². The number of methoxy groups -OCH3 is 1. The monoisotopic (exact) mass is 396 g/mol. The molecule has 0 unspecified atom stereocenters. The minimum Gasteiger partial charge on any atom is -0.495 e. The minimum absolute atomic E-state index is 0.0331. The maximum absolute atomic E-state index is 12.3. The van der Waals surface area contributed by atoms with Crippen molar-refractivity contribution in [2.75, 3.05) is 51.6 Å². The van der Waals surface area contributed by atoms with Crippen molar-refractivity contribution in [1.82, 2.24) is 10.2 Å². The van der Waals surface area contributed by atoms with E-state index in [2.05, 4.69) is 40.8 Å². The molecule has 29 heavy (non-hydrogen) atoms. The highest BCUT2D eigenvalue weighted by Crippen LogP contribution is 2.30. The van der Waals surface area contributed by atoms with E-state index in [4.69, 9.17) is 4.74 Å². The smallest absolute Gasteiger partial charge is 0.313 e. The average molecular weight is 396 g/mol. The summed E-state index contributed by atoms with van der Waals surface area (Å²) >= 11 is 0. The molecule has 0 radical (unpaired) electrons. The van der Waals surface area contributed by atoms with Gasteiger partial charge in [-0.3, -0.25) is 9.59 Å². The molecule has 1 aliphatic heterocycles. The van der Waals surface area contributed by atoms with Gasteiger partial charge >= 0.3 is 11.8 Å². The molecule has 0 saturated carbocycles. The van der Waals surface area contributed by atoms with E-state index in [1.807, 2.05) is 19.0 Å². The van der Waals surface area contributed by atoms with Crippen molar-refractivity contribution in [1.29, 1.82) is 0 Å². The predicted octanol–water partition coefficient (Wildman–Crippen LogP) is 2.05. The van der Waals surface area contributed by atoms with Gasteiger partial charge in [-0.15, -0.1) is 0 Å². The Kier molecular flexibility index (Phi) is 6.39.